The number of fused-ring (bicyclic) bond motifs is 8. The van der Waals surface area contributed by atoms with Crippen LogP contribution in [0.25, 0.3) is 0 Å². The molecular formula is C54H59N5O11. The van der Waals surface area contributed by atoms with Crippen LogP contribution < -0.4 is 39.0 Å². The SMILES string of the molecule is COCCOCCOCCN(CCCC(=O)OC)c1cc(COc2cc3c(cc2OC)C(=O)N2c4ccccc4C[C@H]2C=N3)cc(COc2cc3c(cc2OC)C(=O)N2c4ccccc4C[C@H]2CN3)c1. The molecule has 9 rings (SSSR count). The van der Waals surface area contributed by atoms with Gasteiger partial charge in [0.05, 0.1) is 88.9 Å². The quantitative estimate of drug-likeness (QED) is 0.0535. The molecule has 0 radical (unpaired) electrons. The maximum atomic E-state index is 14.2. The first-order valence-electron chi connectivity index (χ1n) is 23.7. The molecule has 0 fully saturated rings. The van der Waals surface area contributed by atoms with Crippen LogP contribution in [-0.4, -0.2) is 117 Å². The van der Waals surface area contributed by atoms with Crippen LogP contribution >= 0.6 is 0 Å². The topological polar surface area (TPSA) is 159 Å². The molecule has 0 spiro atoms. The summed E-state index contributed by atoms with van der Waals surface area (Å²) in [5, 5.41) is 3.52. The average Bonchev–Trinajstić information content (AvgIpc) is 3.88. The van der Waals surface area contributed by atoms with Crippen molar-refractivity contribution in [2.75, 3.05) is 101 Å². The summed E-state index contributed by atoms with van der Waals surface area (Å²) in [6.07, 6.45) is 4.06. The predicted molar refractivity (Wildman–Crippen MR) is 266 cm³/mol. The summed E-state index contributed by atoms with van der Waals surface area (Å²) < 4.78 is 46.5. The third-order valence-corrected chi connectivity index (χ3v) is 13.0. The number of nitrogens with one attached hydrogen (secondary N) is 1. The number of nitrogens with zero attached hydrogens (tertiary/aromatic N) is 4. The number of esters is 1. The second-order valence-corrected chi connectivity index (χ2v) is 17.4. The molecular weight excluding hydrogens is 895 g/mol. The number of rotatable bonds is 22. The number of para-hydroxylation sites is 2. The van der Waals surface area contributed by atoms with Gasteiger partial charge in [0.2, 0.25) is 0 Å². The first kappa shape index (κ1) is 47.9. The van der Waals surface area contributed by atoms with Crippen molar-refractivity contribution in [3.8, 4) is 23.0 Å². The van der Waals surface area contributed by atoms with Crippen LogP contribution in [0.3, 0.4) is 0 Å². The number of aliphatic imine (C=N–C) groups is 1. The van der Waals surface area contributed by atoms with Crippen molar-refractivity contribution in [2.45, 2.75) is 51.0 Å². The molecule has 0 saturated heterocycles. The number of methoxy groups -OCH3 is 4. The van der Waals surface area contributed by atoms with E-state index in [9.17, 15) is 14.4 Å². The van der Waals surface area contributed by atoms with Crippen molar-refractivity contribution in [2.24, 2.45) is 4.99 Å². The molecule has 4 heterocycles. The highest BCUT2D eigenvalue weighted by molar-refractivity contribution is 6.15. The van der Waals surface area contributed by atoms with Crippen molar-refractivity contribution in [1.82, 2.24) is 0 Å². The molecule has 70 heavy (non-hydrogen) atoms. The van der Waals surface area contributed by atoms with Crippen LogP contribution in [0.5, 0.6) is 23.0 Å². The minimum absolute atomic E-state index is 0.0249. The van der Waals surface area contributed by atoms with Gasteiger partial charge >= 0.3 is 5.97 Å². The molecule has 0 saturated carbocycles. The summed E-state index contributed by atoms with van der Waals surface area (Å²) >= 11 is 0. The number of anilines is 4. The van der Waals surface area contributed by atoms with Crippen molar-refractivity contribution >= 4 is 52.4 Å². The van der Waals surface area contributed by atoms with E-state index >= 15 is 0 Å². The highest BCUT2D eigenvalue weighted by atomic mass is 16.5. The highest BCUT2D eigenvalue weighted by Crippen LogP contribution is 2.43. The summed E-state index contributed by atoms with van der Waals surface area (Å²) in [6, 6.07) is 28.9. The van der Waals surface area contributed by atoms with E-state index in [0.29, 0.717) is 111 Å². The number of hydrogen-bond acceptors (Lipinski definition) is 14. The van der Waals surface area contributed by atoms with Gasteiger partial charge in [0.25, 0.3) is 11.8 Å². The first-order chi connectivity index (χ1) is 34.3. The molecule has 4 aliphatic rings. The molecule has 0 aliphatic carbocycles. The third-order valence-electron chi connectivity index (χ3n) is 13.0. The van der Waals surface area contributed by atoms with Gasteiger partial charge in [-0.2, -0.15) is 0 Å². The Morgan fingerprint density at radius 1 is 0.686 bits per heavy atom. The normalized spacial score (nSPS) is 16.2. The van der Waals surface area contributed by atoms with E-state index in [0.717, 1.165) is 45.7 Å². The second-order valence-electron chi connectivity index (χ2n) is 17.4. The fourth-order valence-corrected chi connectivity index (χ4v) is 9.54. The predicted octanol–water partition coefficient (Wildman–Crippen LogP) is 7.59. The molecule has 2 amide bonds. The van der Waals surface area contributed by atoms with E-state index in [1.807, 2.05) is 77.8 Å². The zero-order chi connectivity index (χ0) is 48.6. The molecule has 5 aromatic rings. The third kappa shape index (κ3) is 10.4. The number of carbonyl (C=O) groups is 3. The van der Waals surface area contributed by atoms with Crippen LogP contribution in [0, 0.1) is 0 Å². The molecule has 4 aliphatic heterocycles. The number of ether oxygens (including phenoxy) is 8. The maximum Gasteiger partial charge on any atom is 0.305 e. The summed E-state index contributed by atoms with van der Waals surface area (Å²) in [7, 11) is 6.13. The lowest BCUT2D eigenvalue weighted by molar-refractivity contribution is -0.140. The Bertz CT molecular complexity index is 2750. The van der Waals surface area contributed by atoms with Crippen molar-refractivity contribution in [3.05, 3.63) is 124 Å². The largest absolute Gasteiger partial charge is 0.493 e. The number of benzene rings is 5. The van der Waals surface area contributed by atoms with Crippen LogP contribution in [-0.2, 0) is 49.8 Å². The van der Waals surface area contributed by atoms with Crippen molar-refractivity contribution < 1.29 is 52.3 Å². The molecule has 366 valence electrons. The van der Waals surface area contributed by atoms with E-state index in [2.05, 4.69) is 16.3 Å². The lowest BCUT2D eigenvalue weighted by Crippen LogP contribution is -2.39. The van der Waals surface area contributed by atoms with Crippen LogP contribution in [0.15, 0.2) is 96.0 Å². The molecule has 0 aromatic heterocycles. The van der Waals surface area contributed by atoms with Gasteiger partial charge in [-0.1, -0.05) is 36.4 Å². The summed E-state index contributed by atoms with van der Waals surface area (Å²) in [6.45, 7) is 4.10. The van der Waals surface area contributed by atoms with E-state index in [1.54, 1.807) is 44.4 Å². The van der Waals surface area contributed by atoms with Gasteiger partial charge in [0.15, 0.2) is 23.0 Å². The fraction of sp³-hybridized carbons (Fsp3) is 0.370. The van der Waals surface area contributed by atoms with Gasteiger partial charge in [-0.3, -0.25) is 24.3 Å². The number of hydrogen-bond donors (Lipinski definition) is 1. The van der Waals surface area contributed by atoms with Gasteiger partial charge in [-0.25, -0.2) is 0 Å². The number of carbonyl (C=O) groups excluding carboxylic acids is 3. The number of amides is 2. The Morgan fingerprint density at radius 3 is 2.01 bits per heavy atom. The molecule has 16 nitrogen and oxygen atoms in total. The smallest absolute Gasteiger partial charge is 0.305 e. The van der Waals surface area contributed by atoms with E-state index in [1.165, 1.54) is 7.11 Å². The molecule has 2 atom stereocenters. The van der Waals surface area contributed by atoms with Gasteiger partial charge in [-0.05, 0) is 77.6 Å². The minimum atomic E-state index is -0.289. The lowest BCUT2D eigenvalue weighted by Gasteiger charge is -2.26. The van der Waals surface area contributed by atoms with Gasteiger partial charge in [0.1, 0.15) is 13.2 Å². The van der Waals surface area contributed by atoms with Crippen molar-refractivity contribution in [1.29, 1.82) is 0 Å². The zero-order valence-electron chi connectivity index (χ0n) is 40.1. The Kier molecular flexibility index (Phi) is 15.1. The Labute approximate surface area is 408 Å². The lowest BCUT2D eigenvalue weighted by atomic mass is 10.1. The molecule has 0 unspecified atom stereocenters. The van der Waals surface area contributed by atoms with Gasteiger partial charge in [-0.15, -0.1) is 0 Å². The molecule has 0 bridgehead atoms. The monoisotopic (exact) mass is 953 g/mol. The average molecular weight is 954 g/mol. The Morgan fingerprint density at radius 2 is 1.31 bits per heavy atom. The van der Waals surface area contributed by atoms with E-state index in [4.69, 9.17) is 42.9 Å². The fourth-order valence-electron chi connectivity index (χ4n) is 9.54. The zero-order valence-corrected chi connectivity index (χ0v) is 40.1. The minimum Gasteiger partial charge on any atom is -0.493 e. The van der Waals surface area contributed by atoms with E-state index < -0.39 is 0 Å². The molecule has 16 heteroatoms. The highest BCUT2D eigenvalue weighted by Gasteiger charge is 2.39. The van der Waals surface area contributed by atoms with E-state index in [-0.39, 0.29) is 49.5 Å². The van der Waals surface area contributed by atoms with Gasteiger partial charge < -0.3 is 53.0 Å². The van der Waals surface area contributed by atoms with Crippen molar-refractivity contribution in [3.63, 3.8) is 0 Å². The summed E-state index contributed by atoms with van der Waals surface area (Å²) in [4.78, 5) is 51.2. The Balaban J connectivity index is 0.987. The maximum absolute atomic E-state index is 14.2. The first-order valence-corrected chi connectivity index (χ1v) is 23.7. The van der Waals surface area contributed by atoms with Crippen LogP contribution in [0.1, 0.15) is 55.8 Å². The van der Waals surface area contributed by atoms with Crippen LogP contribution in [0.2, 0.25) is 0 Å². The second kappa shape index (κ2) is 22.1. The Hall–Kier alpha value is -7.14. The summed E-state index contributed by atoms with van der Waals surface area (Å²) in [5.74, 6) is 1.18. The molecule has 1 N–H and O–H groups in total. The van der Waals surface area contributed by atoms with Gasteiger partial charge in [0, 0.05) is 75.0 Å². The molecule has 5 aromatic carbocycles. The summed E-state index contributed by atoms with van der Waals surface area (Å²) in [5.41, 5.74) is 8.65. The standard InChI is InChI=1S/C54H59N5O11/c1-63-18-19-68-21-20-67-17-16-57(15-9-14-52(60)66-4)39-23-35(33-69-50-29-44-42(27-48(50)64-2)53(61)58-40(31-55-44)25-37-10-5-7-12-46(37)58)22-36(24-39)34-70-51-30-45-43(28-49(51)65-3)54(62)59-41(32-56-45)26-38-11-6-8-13-47(38)59/h5-8,10-13,22-24,27-31,40-41,56H,9,14-21,25-26,32-34H2,1-4H3/t40-,41-/m0/s1. The van der Waals surface area contributed by atoms with Crippen LogP contribution in [0.4, 0.5) is 28.4 Å².